The summed E-state index contributed by atoms with van der Waals surface area (Å²) in [5.74, 6) is -0.263. The molecule has 3 rings (SSSR count). The van der Waals surface area contributed by atoms with Gasteiger partial charge in [-0.05, 0) is 61.4 Å². The first-order valence-corrected chi connectivity index (χ1v) is 17.0. The summed E-state index contributed by atoms with van der Waals surface area (Å²) in [6.07, 6.45) is 4.49. The van der Waals surface area contributed by atoms with Crippen molar-refractivity contribution >= 4 is 41.4 Å². The molecule has 12 nitrogen and oxygen atoms in total. The molecular weight excluding hydrogens is 630 g/mol. The quantitative estimate of drug-likeness (QED) is 0.0222. The van der Waals surface area contributed by atoms with Gasteiger partial charge in [0.25, 0.3) is 11.8 Å². The lowest BCUT2D eigenvalue weighted by Gasteiger charge is -2.15. The fourth-order valence-corrected chi connectivity index (χ4v) is 5.55. The summed E-state index contributed by atoms with van der Waals surface area (Å²) in [6, 6.07) is 23.1. The highest BCUT2D eigenvalue weighted by Gasteiger charge is 2.15. The second-order valence-electron chi connectivity index (χ2n) is 11.2. The predicted molar refractivity (Wildman–Crippen MR) is 188 cm³/mol. The maximum absolute atomic E-state index is 12.7. The number of nitrogens with one attached hydrogen (secondary N) is 4. The zero-order chi connectivity index (χ0) is 34.6. The van der Waals surface area contributed by atoms with Gasteiger partial charge in [0, 0.05) is 48.5 Å². The number of carbonyl (C=O) groups excluding carboxylic acids is 4. The Morgan fingerprint density at radius 1 is 0.708 bits per heavy atom. The Hall–Kier alpha value is -4.88. The molecule has 0 heterocycles. The topological polar surface area (TPSA) is 201 Å². The lowest BCUT2D eigenvalue weighted by atomic mass is 10.1. The number of hydrogen-bond donors (Lipinski definition) is 7. The van der Waals surface area contributed by atoms with Crippen LogP contribution in [0.1, 0.15) is 82.4 Å². The lowest BCUT2D eigenvalue weighted by molar-refractivity contribution is -0.121. The first-order chi connectivity index (χ1) is 23.3. The van der Waals surface area contributed by atoms with Crippen molar-refractivity contribution < 1.29 is 24.4 Å². The van der Waals surface area contributed by atoms with Crippen molar-refractivity contribution in [3.63, 3.8) is 0 Å². The van der Waals surface area contributed by atoms with Crippen LogP contribution in [0, 0.1) is 0 Å². The van der Waals surface area contributed by atoms with E-state index in [1.165, 1.54) is 11.9 Å². The summed E-state index contributed by atoms with van der Waals surface area (Å²) < 4.78 is 3.14. The Balaban J connectivity index is 1.26. The van der Waals surface area contributed by atoms with E-state index in [2.05, 4.69) is 25.8 Å². The highest BCUT2D eigenvalue weighted by atomic mass is 32.2. The molecule has 0 radical (unpaired) electrons. The number of carbonyl (C=O) groups is 4. The summed E-state index contributed by atoms with van der Waals surface area (Å²) in [5.41, 5.74) is 14.5. The van der Waals surface area contributed by atoms with Gasteiger partial charge < -0.3 is 32.6 Å². The minimum atomic E-state index is -0.458. The molecule has 0 bridgehead atoms. The third-order valence-electron chi connectivity index (χ3n) is 7.46. The summed E-state index contributed by atoms with van der Waals surface area (Å²) in [4.78, 5) is 49.3. The van der Waals surface area contributed by atoms with E-state index in [0.717, 1.165) is 23.3 Å². The minimum absolute atomic E-state index is 0.0254. The molecule has 0 aromatic heterocycles. The zero-order valence-electron chi connectivity index (χ0n) is 27.0. The monoisotopic (exact) mass is 675 g/mol. The van der Waals surface area contributed by atoms with Crippen LogP contribution in [0.25, 0.3) is 0 Å². The number of unbranched alkanes of at least 4 members (excludes halogenated alkanes) is 3. The average Bonchev–Trinajstić information content (AvgIpc) is 3.11. The van der Waals surface area contributed by atoms with E-state index < -0.39 is 11.9 Å². The first-order valence-electron chi connectivity index (χ1n) is 16.0. The summed E-state index contributed by atoms with van der Waals surface area (Å²) in [7, 11) is 0. The zero-order valence-corrected chi connectivity index (χ0v) is 27.8. The van der Waals surface area contributed by atoms with Crippen molar-refractivity contribution in [3.05, 3.63) is 107 Å². The molecule has 0 fully saturated rings. The smallest absolute Gasteiger partial charge is 0.251 e. The van der Waals surface area contributed by atoms with Crippen molar-refractivity contribution in [1.29, 1.82) is 0 Å². The van der Waals surface area contributed by atoms with Gasteiger partial charge in [-0.25, -0.2) is 0 Å². The number of nitrogens with zero attached hydrogens (tertiary/aromatic N) is 1. The number of nitrogens with two attached hydrogens (primary N) is 2. The van der Waals surface area contributed by atoms with Gasteiger partial charge in [0.15, 0.2) is 5.84 Å². The largest absolute Gasteiger partial charge is 0.409 e. The Kier molecular flexibility index (Phi) is 16.5. The lowest BCUT2D eigenvalue weighted by Crippen LogP contribution is -2.38. The van der Waals surface area contributed by atoms with Crippen molar-refractivity contribution in [2.75, 3.05) is 13.1 Å². The van der Waals surface area contributed by atoms with Gasteiger partial charge >= 0.3 is 0 Å². The fourth-order valence-electron chi connectivity index (χ4n) is 4.67. The first kappa shape index (κ1) is 37.6. The van der Waals surface area contributed by atoms with Gasteiger partial charge in [0.05, 0.1) is 6.04 Å². The Morgan fingerprint density at radius 2 is 1.35 bits per heavy atom. The standard InChI is InChI=1S/C35H45N7O5S/c36-32(41-47)27-18-16-25(17-19-27)23-40-31(43)15-5-2-7-20-38-34(45)28-12-9-13-29(22-28)35(46)39-21-8-6-14-30(33(37)44)42-48-24-26-10-3-1-4-11-26/h1,3-4,9-13,16-19,22,30,42,47H,2,5-8,14-15,20-21,23-24H2,(H2,36,41)(H2,37,44)(H,38,45)(H,39,46)(H,40,43). The molecule has 0 saturated carbocycles. The maximum Gasteiger partial charge on any atom is 0.251 e. The second kappa shape index (κ2) is 21.1. The molecule has 1 unspecified atom stereocenters. The Bertz CT molecular complexity index is 1500. The molecule has 0 aliphatic rings. The molecule has 0 aliphatic heterocycles. The number of rotatable bonds is 21. The molecule has 9 N–H and O–H groups in total. The maximum atomic E-state index is 12.7. The van der Waals surface area contributed by atoms with E-state index in [1.54, 1.807) is 48.5 Å². The highest BCUT2D eigenvalue weighted by Crippen LogP contribution is 2.12. The number of amides is 4. The van der Waals surface area contributed by atoms with Crippen LogP contribution < -0.4 is 32.1 Å². The third-order valence-corrected chi connectivity index (χ3v) is 8.38. The molecular formula is C35H45N7O5S. The normalized spacial score (nSPS) is 11.8. The van der Waals surface area contributed by atoms with Crippen LogP contribution in [0.4, 0.5) is 0 Å². The van der Waals surface area contributed by atoms with Crippen LogP contribution in [0.15, 0.2) is 84.0 Å². The molecule has 0 aliphatic carbocycles. The van der Waals surface area contributed by atoms with Crippen LogP contribution in [0.5, 0.6) is 0 Å². The van der Waals surface area contributed by atoms with Gasteiger partial charge in [-0.1, -0.05) is 84.2 Å². The van der Waals surface area contributed by atoms with Crippen molar-refractivity contribution in [1.82, 2.24) is 20.7 Å². The second-order valence-corrected chi connectivity index (χ2v) is 12.0. The SMILES string of the molecule is NC(=O)C(CCCCNC(=O)c1cccc(C(=O)NCCCCCC(=O)NCc2ccc(/C(N)=N/O)cc2)c1)NSCc1ccccc1. The molecule has 0 spiro atoms. The summed E-state index contributed by atoms with van der Waals surface area (Å²) >= 11 is 1.45. The third kappa shape index (κ3) is 13.9. The van der Waals surface area contributed by atoms with Crippen molar-refractivity contribution in [3.8, 4) is 0 Å². The van der Waals surface area contributed by atoms with Crippen LogP contribution in [-0.2, 0) is 21.9 Å². The fraction of sp³-hybridized carbons (Fsp3) is 0.343. The Morgan fingerprint density at radius 3 is 1.98 bits per heavy atom. The molecule has 1 atom stereocenters. The molecule has 48 heavy (non-hydrogen) atoms. The van der Waals surface area contributed by atoms with E-state index >= 15 is 0 Å². The van der Waals surface area contributed by atoms with E-state index in [-0.39, 0.29) is 23.6 Å². The van der Waals surface area contributed by atoms with E-state index in [4.69, 9.17) is 16.7 Å². The van der Waals surface area contributed by atoms with E-state index in [0.29, 0.717) is 74.8 Å². The molecule has 3 aromatic carbocycles. The van der Waals surface area contributed by atoms with Gasteiger partial charge in [-0.15, -0.1) is 0 Å². The highest BCUT2D eigenvalue weighted by molar-refractivity contribution is 7.96. The molecule has 256 valence electrons. The summed E-state index contributed by atoms with van der Waals surface area (Å²) in [5, 5.41) is 20.3. The number of primary amides is 1. The van der Waals surface area contributed by atoms with Gasteiger partial charge in [0.1, 0.15) is 0 Å². The van der Waals surface area contributed by atoms with E-state index in [1.807, 2.05) is 30.3 Å². The number of oxime groups is 1. The Labute approximate surface area is 285 Å². The molecule has 4 amide bonds. The van der Waals surface area contributed by atoms with Gasteiger partial charge in [0.2, 0.25) is 11.8 Å². The van der Waals surface area contributed by atoms with Crippen LogP contribution in [-0.4, -0.2) is 53.8 Å². The van der Waals surface area contributed by atoms with Gasteiger partial charge in [-0.3, -0.25) is 23.9 Å². The predicted octanol–water partition coefficient (Wildman–Crippen LogP) is 3.58. The van der Waals surface area contributed by atoms with Crippen LogP contribution >= 0.6 is 11.9 Å². The minimum Gasteiger partial charge on any atom is -0.409 e. The molecule has 0 saturated heterocycles. The number of benzene rings is 3. The van der Waals surface area contributed by atoms with Gasteiger partial charge in [-0.2, -0.15) is 0 Å². The molecule has 13 heteroatoms. The van der Waals surface area contributed by atoms with E-state index in [9.17, 15) is 19.2 Å². The number of amidine groups is 1. The van der Waals surface area contributed by atoms with Crippen LogP contribution in [0.2, 0.25) is 0 Å². The van der Waals surface area contributed by atoms with Crippen molar-refractivity contribution in [2.24, 2.45) is 16.6 Å². The van der Waals surface area contributed by atoms with Crippen molar-refractivity contribution in [2.45, 2.75) is 63.3 Å². The molecule has 3 aromatic rings. The average molecular weight is 676 g/mol. The van der Waals surface area contributed by atoms with Crippen LogP contribution in [0.3, 0.4) is 0 Å². The number of hydrogen-bond acceptors (Lipinski definition) is 8. The summed E-state index contributed by atoms with van der Waals surface area (Å²) in [6.45, 7) is 1.27.